The van der Waals surface area contributed by atoms with Crippen LogP contribution in [0.3, 0.4) is 0 Å². The Morgan fingerprint density at radius 2 is 1.17 bits per heavy atom. The van der Waals surface area contributed by atoms with Crippen LogP contribution < -0.4 is 0 Å². The molecule has 0 spiro atoms. The number of hydrogen-bond acceptors (Lipinski definition) is 5. The Hall–Kier alpha value is -4.19. The minimum atomic E-state index is 0.848. The normalized spacial score (nSPS) is 20.9. The van der Waals surface area contributed by atoms with Crippen LogP contribution in [0.4, 0.5) is 0 Å². The Kier molecular flexibility index (Phi) is 3.58. The van der Waals surface area contributed by atoms with Crippen LogP contribution >= 0.6 is 0 Å². The van der Waals surface area contributed by atoms with Crippen LogP contribution in [-0.2, 0) is 7.05 Å². The Labute approximate surface area is 173 Å². The maximum Gasteiger partial charge on any atom is 0.0948 e. The molecule has 0 saturated heterocycles. The molecule has 0 radical (unpaired) electrons. The van der Waals surface area contributed by atoms with Gasteiger partial charge in [0.15, 0.2) is 0 Å². The molecule has 0 aromatic carbocycles. The molecule has 0 aliphatic carbocycles. The van der Waals surface area contributed by atoms with E-state index < -0.39 is 0 Å². The average molecular weight is 388 g/mol. The summed E-state index contributed by atoms with van der Waals surface area (Å²) in [5.41, 5.74) is 8.93. The van der Waals surface area contributed by atoms with Gasteiger partial charge in [-0.25, -0.2) is 25.0 Å². The summed E-state index contributed by atoms with van der Waals surface area (Å²) in [6.07, 6.45) is 25.6. The van der Waals surface area contributed by atoms with Gasteiger partial charge in [0.1, 0.15) is 0 Å². The Balaban J connectivity index is 1.52. The number of fused-ring (bicyclic) bond motifs is 4. The zero-order valence-corrected chi connectivity index (χ0v) is 16.2. The summed E-state index contributed by atoms with van der Waals surface area (Å²) in [5.74, 6) is 0. The number of aromatic nitrogens is 2. The van der Waals surface area contributed by atoms with E-state index in [2.05, 4.69) is 21.0 Å². The molecule has 1 aromatic heterocycles. The summed E-state index contributed by atoms with van der Waals surface area (Å²) >= 11 is 0. The third-order valence-electron chi connectivity index (χ3n) is 5.13. The van der Waals surface area contributed by atoms with Crippen molar-refractivity contribution >= 4 is 28.4 Å². The Morgan fingerprint density at radius 3 is 1.73 bits per heavy atom. The minimum Gasteiger partial charge on any atom is -0.334 e. The van der Waals surface area contributed by atoms with Crippen molar-refractivity contribution in [2.75, 3.05) is 0 Å². The highest BCUT2D eigenvalue weighted by molar-refractivity contribution is 6.32. The van der Waals surface area contributed by atoms with Gasteiger partial charge in [-0.2, -0.15) is 0 Å². The molecule has 30 heavy (non-hydrogen) atoms. The molecule has 6 heteroatoms. The molecule has 1 aromatic rings. The molecule has 6 nitrogen and oxygen atoms in total. The van der Waals surface area contributed by atoms with Crippen LogP contribution in [0.2, 0.25) is 0 Å². The molecule has 0 atom stereocenters. The fourth-order valence-electron chi connectivity index (χ4n) is 3.72. The molecule has 6 heterocycles. The molecule has 0 N–H and O–H groups in total. The Morgan fingerprint density at radius 1 is 0.600 bits per heavy atom. The topological polar surface area (TPSA) is 67.3 Å². The van der Waals surface area contributed by atoms with Gasteiger partial charge in [-0.3, -0.25) is 0 Å². The van der Waals surface area contributed by atoms with Gasteiger partial charge in [0, 0.05) is 12.6 Å². The van der Waals surface area contributed by atoms with Gasteiger partial charge in [-0.1, -0.05) is 0 Å². The summed E-state index contributed by atoms with van der Waals surface area (Å²) in [5, 5.41) is 0. The first-order valence-electron chi connectivity index (χ1n) is 9.64. The van der Waals surface area contributed by atoms with Gasteiger partial charge >= 0.3 is 0 Å². The van der Waals surface area contributed by atoms with Crippen LogP contribution in [0, 0.1) is 0 Å². The van der Waals surface area contributed by atoms with Gasteiger partial charge in [0.25, 0.3) is 0 Å². The van der Waals surface area contributed by atoms with E-state index in [-0.39, 0.29) is 0 Å². The molecule has 0 unspecified atom stereocenters. The molecular formula is C24H16N6. The molecule has 0 saturated carbocycles. The van der Waals surface area contributed by atoms with Crippen LogP contribution in [0.5, 0.6) is 0 Å². The van der Waals surface area contributed by atoms with E-state index in [4.69, 9.17) is 9.98 Å². The third-order valence-corrected chi connectivity index (χ3v) is 5.13. The smallest absolute Gasteiger partial charge is 0.0948 e. The van der Waals surface area contributed by atoms with Crippen molar-refractivity contribution in [2.45, 2.75) is 0 Å². The lowest BCUT2D eigenvalue weighted by molar-refractivity contribution is 0.900. The summed E-state index contributed by atoms with van der Waals surface area (Å²) in [7, 11) is 1.98. The lowest BCUT2D eigenvalue weighted by atomic mass is 10.1. The number of rotatable bonds is 1. The molecule has 0 fully saturated rings. The second-order valence-electron chi connectivity index (χ2n) is 7.33. The van der Waals surface area contributed by atoms with Crippen molar-refractivity contribution < 1.29 is 0 Å². The van der Waals surface area contributed by atoms with Crippen LogP contribution in [0.15, 0.2) is 122 Å². The van der Waals surface area contributed by atoms with E-state index in [1.165, 1.54) is 0 Å². The second kappa shape index (κ2) is 6.42. The molecule has 0 amide bonds. The zero-order chi connectivity index (χ0) is 20.1. The van der Waals surface area contributed by atoms with Gasteiger partial charge in [0.05, 0.1) is 63.9 Å². The maximum atomic E-state index is 4.85. The minimum absolute atomic E-state index is 0.848. The highest BCUT2D eigenvalue weighted by Gasteiger charge is 2.20. The predicted octanol–water partition coefficient (Wildman–Crippen LogP) is 3.84. The first-order valence-corrected chi connectivity index (χ1v) is 9.64. The van der Waals surface area contributed by atoms with E-state index >= 15 is 0 Å². The predicted molar refractivity (Wildman–Crippen MR) is 121 cm³/mol. The van der Waals surface area contributed by atoms with E-state index in [1.807, 2.05) is 78.6 Å². The molecule has 142 valence electrons. The number of aryl methyl sites for hydroxylation is 1. The fourth-order valence-corrected chi connectivity index (χ4v) is 3.72. The molecule has 5 aliphatic heterocycles. The average Bonchev–Trinajstić information content (AvgIpc) is 3.51. The van der Waals surface area contributed by atoms with Crippen molar-refractivity contribution in [2.24, 2.45) is 27.0 Å². The standard InChI is InChI=1S/C24H16N6/c1-30-14-25-13-24(30)22-11-21-10-19-5-4-17(27-19)8-15-2-3-16(26-15)9-18-6-7-20(28-18)12-23(22)29-21/h2-14H,1H3. The first kappa shape index (κ1) is 16.7. The Bertz CT molecular complexity index is 1370. The van der Waals surface area contributed by atoms with E-state index in [0.717, 1.165) is 56.9 Å². The summed E-state index contributed by atoms with van der Waals surface area (Å²) in [6, 6.07) is 0. The fraction of sp³-hybridized carbons (Fsp3) is 0.0417. The van der Waals surface area contributed by atoms with Crippen molar-refractivity contribution in [1.29, 1.82) is 0 Å². The van der Waals surface area contributed by atoms with Crippen molar-refractivity contribution in [1.82, 2.24) is 9.55 Å². The number of hydrogen-bond donors (Lipinski definition) is 0. The van der Waals surface area contributed by atoms with Crippen LogP contribution in [0.1, 0.15) is 5.69 Å². The highest BCUT2D eigenvalue weighted by atomic mass is 15.0. The van der Waals surface area contributed by atoms with Gasteiger partial charge in [0.2, 0.25) is 0 Å². The van der Waals surface area contributed by atoms with Crippen molar-refractivity contribution in [3.05, 3.63) is 108 Å². The van der Waals surface area contributed by atoms with Gasteiger partial charge < -0.3 is 4.57 Å². The molecule has 8 bridgehead atoms. The maximum absolute atomic E-state index is 4.85. The quantitative estimate of drug-likeness (QED) is 0.721. The zero-order valence-electron chi connectivity index (χ0n) is 16.2. The number of imidazole rings is 1. The summed E-state index contributed by atoms with van der Waals surface area (Å²) in [4.78, 5) is 23.2. The molecule has 6 rings (SSSR count). The first-order chi connectivity index (χ1) is 14.7. The highest BCUT2D eigenvalue weighted by Crippen LogP contribution is 2.28. The lowest BCUT2D eigenvalue weighted by Crippen LogP contribution is -2.01. The summed E-state index contributed by atoms with van der Waals surface area (Å²) < 4.78 is 1.99. The van der Waals surface area contributed by atoms with Gasteiger partial charge in [-0.15, -0.1) is 0 Å². The summed E-state index contributed by atoms with van der Waals surface area (Å²) in [6.45, 7) is 0. The number of allylic oxidation sites excluding steroid dienone is 12. The number of aliphatic imine (C=N–C) groups is 4. The van der Waals surface area contributed by atoms with Gasteiger partial charge in [-0.05, 0) is 66.8 Å². The molecular weight excluding hydrogens is 372 g/mol. The van der Waals surface area contributed by atoms with Crippen molar-refractivity contribution in [3.8, 4) is 0 Å². The monoisotopic (exact) mass is 388 g/mol. The van der Waals surface area contributed by atoms with E-state index in [1.54, 1.807) is 6.33 Å². The largest absolute Gasteiger partial charge is 0.334 e. The third kappa shape index (κ3) is 2.95. The second-order valence-corrected chi connectivity index (χ2v) is 7.33. The van der Waals surface area contributed by atoms with Crippen LogP contribution in [-0.4, -0.2) is 32.4 Å². The van der Waals surface area contributed by atoms with E-state index in [0.29, 0.717) is 0 Å². The SMILES string of the molecule is Cn1cncc1C1=CC2=CC3=NC(=CC4=NC(=CC5=NC(=CC1=N2)C=C5)C=C4)C=C3. The molecule has 5 aliphatic rings. The lowest BCUT2D eigenvalue weighted by Gasteiger charge is -2.04. The van der Waals surface area contributed by atoms with Crippen LogP contribution in [0.25, 0.3) is 5.57 Å². The van der Waals surface area contributed by atoms with Crippen molar-refractivity contribution in [3.63, 3.8) is 0 Å². The van der Waals surface area contributed by atoms with E-state index in [9.17, 15) is 0 Å². The number of nitrogens with zero attached hydrogens (tertiary/aromatic N) is 6.